The fourth-order valence-corrected chi connectivity index (χ4v) is 3.34. The van der Waals surface area contributed by atoms with Crippen molar-refractivity contribution in [2.75, 3.05) is 0 Å². The highest BCUT2D eigenvalue weighted by molar-refractivity contribution is 5.98. The van der Waals surface area contributed by atoms with Gasteiger partial charge in [-0.2, -0.15) is 0 Å². The summed E-state index contributed by atoms with van der Waals surface area (Å²) in [5.41, 5.74) is 3.92. The first kappa shape index (κ1) is 10.1. The van der Waals surface area contributed by atoms with Gasteiger partial charge in [-0.05, 0) is 49.1 Å². The lowest BCUT2D eigenvalue weighted by Gasteiger charge is -2.17. The number of hydrogen-bond acceptors (Lipinski definition) is 1. The van der Waals surface area contributed by atoms with E-state index in [9.17, 15) is 4.79 Å². The van der Waals surface area contributed by atoms with Crippen LogP contribution < -0.4 is 0 Å². The molecule has 0 aromatic heterocycles. The normalized spacial score (nSPS) is 24.5. The van der Waals surface area contributed by atoms with Crippen molar-refractivity contribution in [2.45, 2.75) is 50.9 Å². The van der Waals surface area contributed by atoms with Crippen LogP contribution in [0.3, 0.4) is 0 Å². The van der Waals surface area contributed by atoms with E-state index in [0.717, 1.165) is 18.4 Å². The second kappa shape index (κ2) is 4.04. The summed E-state index contributed by atoms with van der Waals surface area (Å²) in [5, 5.41) is 0. The highest BCUT2D eigenvalue weighted by atomic mass is 16.1. The average molecular weight is 214 g/mol. The van der Waals surface area contributed by atoms with E-state index < -0.39 is 0 Å². The molecule has 84 valence electrons. The van der Waals surface area contributed by atoms with Gasteiger partial charge in [0.1, 0.15) is 0 Å². The van der Waals surface area contributed by atoms with Crippen LogP contribution in [0.25, 0.3) is 0 Å². The highest BCUT2D eigenvalue weighted by Gasteiger charge is 2.26. The van der Waals surface area contributed by atoms with E-state index in [0.29, 0.717) is 11.7 Å². The van der Waals surface area contributed by atoms with Crippen molar-refractivity contribution in [3.63, 3.8) is 0 Å². The number of carbonyl (C=O) groups excluding carboxylic acids is 1. The Bertz CT molecular complexity index is 419. The Morgan fingerprint density at radius 1 is 1.00 bits per heavy atom. The van der Waals surface area contributed by atoms with Crippen LogP contribution in [0.4, 0.5) is 0 Å². The predicted molar refractivity (Wildman–Crippen MR) is 64.9 cm³/mol. The summed E-state index contributed by atoms with van der Waals surface area (Å²) >= 11 is 0. The topological polar surface area (TPSA) is 17.1 Å². The summed E-state index contributed by atoms with van der Waals surface area (Å²) in [7, 11) is 0. The van der Waals surface area contributed by atoms with Crippen LogP contribution in [-0.4, -0.2) is 5.78 Å². The lowest BCUT2D eigenvalue weighted by Crippen LogP contribution is -2.05. The first-order valence-corrected chi connectivity index (χ1v) is 6.51. The lowest BCUT2D eigenvalue weighted by atomic mass is 9.87. The van der Waals surface area contributed by atoms with E-state index in [1.54, 1.807) is 0 Å². The minimum absolute atomic E-state index is 0.376. The molecule has 1 aromatic rings. The van der Waals surface area contributed by atoms with Gasteiger partial charge in [0, 0.05) is 12.0 Å². The van der Waals surface area contributed by atoms with Gasteiger partial charge in [-0.3, -0.25) is 4.79 Å². The molecule has 0 heterocycles. The Morgan fingerprint density at radius 2 is 1.88 bits per heavy atom. The molecule has 0 saturated heterocycles. The quantitative estimate of drug-likeness (QED) is 0.641. The Labute approximate surface area is 96.9 Å². The number of rotatable bonds is 0. The maximum atomic E-state index is 12.1. The van der Waals surface area contributed by atoms with Crippen LogP contribution in [0.1, 0.15) is 65.9 Å². The van der Waals surface area contributed by atoms with Crippen molar-refractivity contribution in [1.82, 2.24) is 0 Å². The summed E-state index contributed by atoms with van der Waals surface area (Å²) in [4.78, 5) is 12.1. The fourth-order valence-electron chi connectivity index (χ4n) is 3.34. The molecule has 1 heteroatoms. The van der Waals surface area contributed by atoms with Gasteiger partial charge in [-0.1, -0.05) is 24.6 Å². The van der Waals surface area contributed by atoms with E-state index in [1.165, 1.54) is 43.2 Å². The number of Topliss-reactive ketones (excluding diaryl/α,β-unsaturated/α-hetero) is 1. The Kier molecular flexibility index (Phi) is 2.55. The number of aryl methyl sites for hydroxylation is 1. The molecule has 0 radical (unpaired) electrons. The first-order chi connectivity index (χ1) is 7.86. The molecule has 0 aliphatic heterocycles. The van der Waals surface area contributed by atoms with Gasteiger partial charge >= 0.3 is 0 Å². The van der Waals surface area contributed by atoms with Gasteiger partial charge in [-0.25, -0.2) is 0 Å². The molecule has 2 aliphatic rings. The van der Waals surface area contributed by atoms with Crippen molar-refractivity contribution in [3.8, 4) is 0 Å². The van der Waals surface area contributed by atoms with Crippen molar-refractivity contribution in [1.29, 1.82) is 0 Å². The molecule has 2 aliphatic carbocycles. The van der Waals surface area contributed by atoms with Crippen LogP contribution in [0.5, 0.6) is 0 Å². The molecule has 1 aromatic carbocycles. The second-order valence-electron chi connectivity index (χ2n) is 5.14. The van der Waals surface area contributed by atoms with Crippen LogP contribution in [-0.2, 0) is 6.42 Å². The van der Waals surface area contributed by atoms with Crippen molar-refractivity contribution >= 4 is 5.78 Å². The summed E-state index contributed by atoms with van der Waals surface area (Å²) in [6, 6.07) is 6.35. The summed E-state index contributed by atoms with van der Waals surface area (Å²) in [5.74, 6) is 1.04. The highest BCUT2D eigenvalue weighted by Crippen LogP contribution is 2.38. The van der Waals surface area contributed by atoms with Gasteiger partial charge in [0.15, 0.2) is 5.78 Å². The van der Waals surface area contributed by atoms with Crippen LogP contribution >= 0.6 is 0 Å². The SMILES string of the molecule is O=C1CCCC2CCCCc3cccc1c32. The zero-order chi connectivity index (χ0) is 11.0. The van der Waals surface area contributed by atoms with Crippen LogP contribution in [0.2, 0.25) is 0 Å². The third-order valence-electron chi connectivity index (χ3n) is 4.11. The molecule has 0 saturated carbocycles. The van der Waals surface area contributed by atoms with Crippen LogP contribution in [0, 0.1) is 0 Å². The zero-order valence-electron chi connectivity index (χ0n) is 9.67. The van der Waals surface area contributed by atoms with Gasteiger partial charge in [0.05, 0.1) is 0 Å². The van der Waals surface area contributed by atoms with Gasteiger partial charge in [-0.15, -0.1) is 0 Å². The number of hydrogen-bond donors (Lipinski definition) is 0. The van der Waals surface area contributed by atoms with E-state index >= 15 is 0 Å². The molecule has 0 fully saturated rings. The molecule has 1 atom stereocenters. The Hall–Kier alpha value is -1.11. The Morgan fingerprint density at radius 3 is 2.81 bits per heavy atom. The standard InChI is InChI=1S/C15H18O/c16-14-10-4-8-12-6-2-1-5-11-7-3-9-13(14)15(11)12/h3,7,9,12H,1-2,4-6,8,10H2. The first-order valence-electron chi connectivity index (χ1n) is 6.51. The molecule has 0 amide bonds. The lowest BCUT2D eigenvalue weighted by molar-refractivity contribution is 0.0982. The molecule has 1 nitrogen and oxygen atoms in total. The maximum Gasteiger partial charge on any atom is 0.163 e. The largest absolute Gasteiger partial charge is 0.294 e. The van der Waals surface area contributed by atoms with Gasteiger partial charge in [0.25, 0.3) is 0 Å². The molecule has 3 rings (SSSR count). The van der Waals surface area contributed by atoms with Crippen molar-refractivity contribution in [2.24, 2.45) is 0 Å². The summed E-state index contributed by atoms with van der Waals surface area (Å²) in [6.45, 7) is 0. The minimum Gasteiger partial charge on any atom is -0.294 e. The molecule has 0 N–H and O–H groups in total. The smallest absolute Gasteiger partial charge is 0.163 e. The van der Waals surface area contributed by atoms with E-state index in [4.69, 9.17) is 0 Å². The molecule has 16 heavy (non-hydrogen) atoms. The molecular formula is C15H18O. The second-order valence-corrected chi connectivity index (χ2v) is 5.14. The third-order valence-corrected chi connectivity index (χ3v) is 4.11. The van der Waals surface area contributed by atoms with E-state index in [2.05, 4.69) is 12.1 Å². The Balaban J connectivity index is 2.18. The minimum atomic E-state index is 0.376. The molecule has 0 spiro atoms. The number of ketones is 1. The third kappa shape index (κ3) is 1.59. The van der Waals surface area contributed by atoms with Crippen LogP contribution in [0.15, 0.2) is 18.2 Å². The van der Waals surface area contributed by atoms with Crippen molar-refractivity contribution in [3.05, 3.63) is 34.9 Å². The summed E-state index contributed by atoms with van der Waals surface area (Å²) in [6.07, 6.45) is 8.14. The number of benzene rings is 1. The van der Waals surface area contributed by atoms with Gasteiger partial charge in [0.2, 0.25) is 0 Å². The van der Waals surface area contributed by atoms with E-state index in [1.807, 2.05) is 6.07 Å². The maximum absolute atomic E-state index is 12.1. The van der Waals surface area contributed by atoms with Crippen molar-refractivity contribution < 1.29 is 4.79 Å². The molecule has 0 bridgehead atoms. The van der Waals surface area contributed by atoms with Gasteiger partial charge < -0.3 is 0 Å². The average Bonchev–Trinajstić information content (AvgIpc) is 2.59. The zero-order valence-corrected chi connectivity index (χ0v) is 9.67. The predicted octanol–water partition coefficient (Wildman–Crippen LogP) is 3.86. The fraction of sp³-hybridized carbons (Fsp3) is 0.533. The summed E-state index contributed by atoms with van der Waals surface area (Å²) < 4.78 is 0. The molecular weight excluding hydrogens is 196 g/mol. The number of carbonyl (C=O) groups is 1. The van der Waals surface area contributed by atoms with E-state index in [-0.39, 0.29) is 0 Å². The monoisotopic (exact) mass is 214 g/mol. The molecule has 1 unspecified atom stereocenters.